The van der Waals surface area contributed by atoms with Crippen molar-refractivity contribution in [3.63, 3.8) is 0 Å². The standard InChI is InChI=1S/C13H16ClFN2/c1-13(2,8-16)9-17(3)7-10-6-11(14)4-5-12(10)15/h4-6H,7,9H2,1-3H3. The van der Waals surface area contributed by atoms with Crippen LogP contribution in [0.4, 0.5) is 4.39 Å². The van der Waals surface area contributed by atoms with Gasteiger partial charge < -0.3 is 4.90 Å². The molecule has 0 aliphatic rings. The number of halogens is 2. The zero-order valence-electron chi connectivity index (χ0n) is 10.3. The van der Waals surface area contributed by atoms with Gasteiger partial charge in [-0.2, -0.15) is 5.26 Å². The van der Waals surface area contributed by atoms with E-state index in [2.05, 4.69) is 6.07 Å². The fourth-order valence-electron chi connectivity index (χ4n) is 1.72. The molecular weight excluding hydrogens is 239 g/mol. The van der Waals surface area contributed by atoms with E-state index in [1.165, 1.54) is 12.1 Å². The van der Waals surface area contributed by atoms with Crippen LogP contribution in [0, 0.1) is 22.6 Å². The Morgan fingerprint density at radius 2 is 2.12 bits per heavy atom. The van der Waals surface area contributed by atoms with Gasteiger partial charge in [0.05, 0.1) is 11.5 Å². The molecule has 0 unspecified atom stereocenters. The Bertz CT molecular complexity index is 438. The molecule has 4 heteroatoms. The molecule has 0 N–H and O–H groups in total. The second-order valence-corrected chi connectivity index (χ2v) is 5.34. The third-order valence-corrected chi connectivity index (χ3v) is 2.65. The highest BCUT2D eigenvalue weighted by Gasteiger charge is 2.19. The molecule has 0 heterocycles. The molecule has 1 aromatic carbocycles. The van der Waals surface area contributed by atoms with Gasteiger partial charge in [0.2, 0.25) is 0 Å². The Hall–Kier alpha value is -1.11. The van der Waals surface area contributed by atoms with E-state index >= 15 is 0 Å². The van der Waals surface area contributed by atoms with E-state index in [-0.39, 0.29) is 5.82 Å². The quantitative estimate of drug-likeness (QED) is 0.823. The Balaban J connectivity index is 2.72. The van der Waals surface area contributed by atoms with Gasteiger partial charge in [0.15, 0.2) is 0 Å². The van der Waals surface area contributed by atoms with Crippen LogP contribution in [-0.4, -0.2) is 18.5 Å². The Labute approximate surface area is 107 Å². The molecule has 0 bridgehead atoms. The van der Waals surface area contributed by atoms with E-state index in [0.29, 0.717) is 23.7 Å². The molecule has 0 aliphatic heterocycles. The van der Waals surface area contributed by atoms with Gasteiger partial charge in [0, 0.05) is 23.7 Å². The summed E-state index contributed by atoms with van der Waals surface area (Å²) in [6.45, 7) is 4.74. The average Bonchev–Trinajstić information content (AvgIpc) is 2.23. The first-order valence-corrected chi connectivity index (χ1v) is 5.75. The van der Waals surface area contributed by atoms with E-state index in [0.717, 1.165) is 0 Å². The lowest BCUT2D eigenvalue weighted by Gasteiger charge is -2.24. The van der Waals surface area contributed by atoms with E-state index in [9.17, 15) is 4.39 Å². The summed E-state index contributed by atoms with van der Waals surface area (Å²) in [6, 6.07) is 6.73. The summed E-state index contributed by atoms with van der Waals surface area (Å²) >= 11 is 5.82. The lowest BCUT2D eigenvalue weighted by atomic mass is 9.95. The Morgan fingerprint density at radius 1 is 1.47 bits per heavy atom. The summed E-state index contributed by atoms with van der Waals surface area (Å²) in [5.41, 5.74) is 0.109. The van der Waals surface area contributed by atoms with Crippen LogP contribution in [-0.2, 0) is 6.54 Å². The van der Waals surface area contributed by atoms with E-state index in [1.54, 1.807) is 6.07 Å². The van der Waals surface area contributed by atoms with Gasteiger partial charge in [-0.1, -0.05) is 11.6 Å². The lowest BCUT2D eigenvalue weighted by Crippen LogP contribution is -2.30. The largest absolute Gasteiger partial charge is 0.300 e. The van der Waals surface area contributed by atoms with Crippen LogP contribution >= 0.6 is 11.6 Å². The molecule has 0 aromatic heterocycles. The van der Waals surface area contributed by atoms with Gasteiger partial charge in [-0.15, -0.1) is 0 Å². The predicted molar refractivity (Wildman–Crippen MR) is 67.1 cm³/mol. The van der Waals surface area contributed by atoms with Crippen molar-refractivity contribution in [2.45, 2.75) is 20.4 Å². The molecule has 17 heavy (non-hydrogen) atoms. The topological polar surface area (TPSA) is 27.0 Å². The maximum Gasteiger partial charge on any atom is 0.127 e. The summed E-state index contributed by atoms with van der Waals surface area (Å²) in [6.07, 6.45) is 0. The highest BCUT2D eigenvalue weighted by Crippen LogP contribution is 2.19. The molecule has 0 radical (unpaired) electrons. The highest BCUT2D eigenvalue weighted by atomic mass is 35.5. The zero-order chi connectivity index (χ0) is 13.1. The number of hydrogen-bond acceptors (Lipinski definition) is 2. The Kier molecular flexibility index (Phi) is 4.50. The normalized spacial score (nSPS) is 11.6. The SMILES string of the molecule is CN(Cc1cc(Cl)ccc1F)CC(C)(C)C#N. The second kappa shape index (κ2) is 5.48. The molecule has 92 valence electrons. The van der Waals surface area contributed by atoms with Crippen molar-refractivity contribution in [2.24, 2.45) is 5.41 Å². The lowest BCUT2D eigenvalue weighted by molar-refractivity contribution is 0.246. The highest BCUT2D eigenvalue weighted by molar-refractivity contribution is 6.30. The van der Waals surface area contributed by atoms with Gasteiger partial charge in [-0.3, -0.25) is 0 Å². The Morgan fingerprint density at radius 3 is 2.71 bits per heavy atom. The summed E-state index contributed by atoms with van der Waals surface area (Å²) in [5, 5.41) is 9.46. The van der Waals surface area contributed by atoms with E-state index in [1.807, 2.05) is 25.8 Å². The van der Waals surface area contributed by atoms with Crippen LogP contribution in [0.15, 0.2) is 18.2 Å². The van der Waals surface area contributed by atoms with Gasteiger partial charge in [0.25, 0.3) is 0 Å². The van der Waals surface area contributed by atoms with Gasteiger partial charge in [-0.25, -0.2) is 4.39 Å². The minimum Gasteiger partial charge on any atom is -0.300 e. The molecule has 0 saturated carbocycles. The molecule has 0 atom stereocenters. The average molecular weight is 255 g/mol. The van der Waals surface area contributed by atoms with Crippen LogP contribution in [0.25, 0.3) is 0 Å². The monoisotopic (exact) mass is 254 g/mol. The fraction of sp³-hybridized carbons (Fsp3) is 0.462. The summed E-state index contributed by atoms with van der Waals surface area (Å²) in [4.78, 5) is 1.91. The fourth-order valence-corrected chi connectivity index (χ4v) is 1.92. The van der Waals surface area contributed by atoms with E-state index < -0.39 is 5.41 Å². The summed E-state index contributed by atoms with van der Waals surface area (Å²) < 4.78 is 13.5. The van der Waals surface area contributed by atoms with Crippen molar-refractivity contribution in [1.29, 1.82) is 5.26 Å². The van der Waals surface area contributed by atoms with Crippen molar-refractivity contribution < 1.29 is 4.39 Å². The predicted octanol–water partition coefficient (Wildman–Crippen LogP) is 3.46. The molecular formula is C13H16ClFN2. The first-order chi connectivity index (χ1) is 7.84. The summed E-state index contributed by atoms with van der Waals surface area (Å²) in [5.74, 6) is -0.268. The van der Waals surface area contributed by atoms with Gasteiger partial charge >= 0.3 is 0 Å². The smallest absolute Gasteiger partial charge is 0.127 e. The van der Waals surface area contributed by atoms with Crippen LogP contribution in [0.5, 0.6) is 0 Å². The van der Waals surface area contributed by atoms with Crippen LogP contribution in [0.1, 0.15) is 19.4 Å². The molecule has 0 aliphatic carbocycles. The molecule has 0 amide bonds. The maximum absolute atomic E-state index is 13.5. The van der Waals surface area contributed by atoms with Gasteiger partial charge in [-0.05, 0) is 39.1 Å². The molecule has 0 fully saturated rings. The van der Waals surface area contributed by atoms with Crippen molar-refractivity contribution in [3.8, 4) is 6.07 Å². The van der Waals surface area contributed by atoms with Crippen LogP contribution < -0.4 is 0 Å². The number of rotatable bonds is 4. The third kappa shape index (κ3) is 4.33. The number of nitriles is 1. The van der Waals surface area contributed by atoms with Crippen molar-refractivity contribution >= 4 is 11.6 Å². The molecule has 2 nitrogen and oxygen atoms in total. The number of nitrogens with zero attached hydrogens (tertiary/aromatic N) is 2. The third-order valence-electron chi connectivity index (χ3n) is 2.42. The minimum atomic E-state index is -0.441. The van der Waals surface area contributed by atoms with Crippen molar-refractivity contribution in [1.82, 2.24) is 4.90 Å². The molecule has 0 saturated heterocycles. The first-order valence-electron chi connectivity index (χ1n) is 5.38. The van der Waals surface area contributed by atoms with Crippen LogP contribution in [0.3, 0.4) is 0 Å². The molecule has 1 rings (SSSR count). The van der Waals surface area contributed by atoms with Crippen molar-refractivity contribution in [3.05, 3.63) is 34.6 Å². The number of benzene rings is 1. The maximum atomic E-state index is 13.5. The molecule has 0 spiro atoms. The van der Waals surface area contributed by atoms with Gasteiger partial charge in [0.1, 0.15) is 5.82 Å². The zero-order valence-corrected chi connectivity index (χ0v) is 11.1. The van der Waals surface area contributed by atoms with Crippen LogP contribution in [0.2, 0.25) is 5.02 Å². The van der Waals surface area contributed by atoms with E-state index in [4.69, 9.17) is 16.9 Å². The second-order valence-electron chi connectivity index (χ2n) is 4.90. The number of hydrogen-bond donors (Lipinski definition) is 0. The molecule has 1 aromatic rings. The minimum absolute atomic E-state index is 0.268. The van der Waals surface area contributed by atoms with Crippen molar-refractivity contribution in [2.75, 3.05) is 13.6 Å². The summed E-state index contributed by atoms with van der Waals surface area (Å²) in [7, 11) is 1.86. The first kappa shape index (κ1) is 14.0.